The van der Waals surface area contributed by atoms with Crippen LogP contribution in [0, 0.1) is 0 Å². The molecule has 0 unspecified atom stereocenters. The van der Waals surface area contributed by atoms with Gasteiger partial charge in [-0.15, -0.1) is 5.53 Å². The van der Waals surface area contributed by atoms with Gasteiger partial charge in [0.2, 0.25) is 11.8 Å². The predicted octanol–water partition coefficient (Wildman–Crippen LogP) is 1.10. The first-order chi connectivity index (χ1) is 13.5. The highest BCUT2D eigenvalue weighted by molar-refractivity contribution is 6.30. The molecule has 0 spiro atoms. The maximum absolute atomic E-state index is 12.8. The van der Waals surface area contributed by atoms with Gasteiger partial charge in [0, 0.05) is 38.5 Å². The van der Waals surface area contributed by atoms with Gasteiger partial charge in [0.25, 0.3) is 0 Å². The smallest absolute Gasteiger partial charge is 0.244 e. The summed E-state index contributed by atoms with van der Waals surface area (Å²) in [5.41, 5.74) is 4.96. The van der Waals surface area contributed by atoms with Gasteiger partial charge in [0.05, 0.1) is 12.3 Å². The third kappa shape index (κ3) is 4.95. The van der Waals surface area contributed by atoms with Gasteiger partial charge in [-0.2, -0.15) is 0 Å². The third-order valence-corrected chi connectivity index (χ3v) is 5.12. The molecule has 2 aliphatic rings. The van der Waals surface area contributed by atoms with Crippen LogP contribution in [-0.2, 0) is 20.9 Å². The van der Waals surface area contributed by atoms with Crippen molar-refractivity contribution in [2.45, 2.75) is 25.4 Å². The van der Waals surface area contributed by atoms with E-state index < -0.39 is 6.04 Å². The maximum Gasteiger partial charge on any atom is 0.244 e. The first-order valence-corrected chi connectivity index (χ1v) is 9.63. The van der Waals surface area contributed by atoms with Crippen LogP contribution in [0.25, 0.3) is 0 Å². The van der Waals surface area contributed by atoms with Crippen LogP contribution in [0.4, 0.5) is 0 Å². The highest BCUT2D eigenvalue weighted by atomic mass is 35.5. The largest absolute Gasteiger partial charge is 0.378 e. The zero-order chi connectivity index (χ0) is 20.1. The van der Waals surface area contributed by atoms with Crippen LogP contribution < -0.4 is 10.9 Å². The zero-order valence-electron chi connectivity index (χ0n) is 16.2. The molecule has 3 rings (SSSR count). The second kappa shape index (κ2) is 9.27. The SMILES string of the molecule is COCC1=CN(CC(=O)N2CCC[C@H]2C(=O)NCc2ccc(Cl)cc2)NN1C. The first kappa shape index (κ1) is 20.4. The number of hydrogen-bond donors (Lipinski definition) is 2. The number of ether oxygens (including phenoxy) is 1. The summed E-state index contributed by atoms with van der Waals surface area (Å²) in [6.45, 7) is 1.61. The minimum Gasteiger partial charge on any atom is -0.378 e. The molecule has 8 nitrogen and oxygen atoms in total. The van der Waals surface area contributed by atoms with Crippen molar-refractivity contribution in [3.8, 4) is 0 Å². The van der Waals surface area contributed by atoms with Crippen molar-refractivity contribution in [1.82, 2.24) is 25.8 Å². The third-order valence-electron chi connectivity index (χ3n) is 4.87. The monoisotopic (exact) mass is 407 g/mol. The molecule has 1 fully saturated rings. The van der Waals surface area contributed by atoms with E-state index in [0.717, 1.165) is 17.7 Å². The van der Waals surface area contributed by atoms with Crippen LogP contribution in [0.2, 0.25) is 5.02 Å². The van der Waals surface area contributed by atoms with Crippen molar-refractivity contribution in [2.24, 2.45) is 0 Å². The van der Waals surface area contributed by atoms with Gasteiger partial charge in [-0.25, -0.2) is 0 Å². The average molecular weight is 408 g/mol. The summed E-state index contributed by atoms with van der Waals surface area (Å²) in [6, 6.07) is 6.90. The summed E-state index contributed by atoms with van der Waals surface area (Å²) < 4.78 is 5.14. The standard InChI is InChI=1S/C19H26ClN5O3/c1-23-16(13-28-2)11-24(22-23)12-18(26)25-9-3-4-17(25)19(27)21-10-14-5-7-15(20)8-6-14/h5-8,11,17,22H,3-4,9-10,12-13H2,1-2H3,(H,21,27)/t17-/m0/s1. The van der Waals surface area contributed by atoms with E-state index in [9.17, 15) is 9.59 Å². The molecule has 2 N–H and O–H groups in total. The Bertz CT molecular complexity index is 740. The van der Waals surface area contributed by atoms with E-state index in [4.69, 9.17) is 16.3 Å². The summed E-state index contributed by atoms with van der Waals surface area (Å²) in [5.74, 6) is -0.206. The molecule has 2 amide bonds. The fourth-order valence-corrected chi connectivity index (χ4v) is 3.52. The molecule has 152 valence electrons. The van der Waals surface area contributed by atoms with E-state index in [1.807, 2.05) is 25.4 Å². The minimum atomic E-state index is -0.428. The van der Waals surface area contributed by atoms with Gasteiger partial charge in [0.15, 0.2) is 0 Å². The molecule has 1 aromatic rings. The number of rotatable bonds is 7. The number of carbonyl (C=O) groups excluding carboxylic acids is 2. The summed E-state index contributed by atoms with van der Waals surface area (Å²) in [4.78, 5) is 27.1. The van der Waals surface area contributed by atoms with Crippen molar-refractivity contribution in [2.75, 3.05) is 33.9 Å². The Kier molecular flexibility index (Phi) is 6.77. The number of hydrogen-bond acceptors (Lipinski definition) is 6. The Morgan fingerprint density at radius 1 is 1.32 bits per heavy atom. The maximum atomic E-state index is 12.8. The van der Waals surface area contributed by atoms with E-state index in [1.165, 1.54) is 0 Å². The van der Waals surface area contributed by atoms with E-state index in [1.54, 1.807) is 34.2 Å². The number of carbonyl (C=O) groups is 2. The summed E-state index contributed by atoms with van der Waals surface area (Å²) in [6.07, 6.45) is 3.34. The average Bonchev–Trinajstić information content (AvgIpc) is 3.29. The number of amides is 2. The van der Waals surface area contributed by atoms with Crippen molar-refractivity contribution >= 4 is 23.4 Å². The lowest BCUT2D eigenvalue weighted by Gasteiger charge is -2.27. The Balaban J connectivity index is 1.54. The zero-order valence-corrected chi connectivity index (χ0v) is 16.9. The van der Waals surface area contributed by atoms with Crippen LogP contribution in [0.3, 0.4) is 0 Å². The lowest BCUT2D eigenvalue weighted by Crippen LogP contribution is -2.50. The topological polar surface area (TPSA) is 77.1 Å². The van der Waals surface area contributed by atoms with Crippen molar-refractivity contribution in [3.05, 3.63) is 46.7 Å². The Hall–Kier alpha value is -2.29. The Morgan fingerprint density at radius 2 is 2.07 bits per heavy atom. The number of likely N-dealkylation sites (N-methyl/N-ethyl adjacent to an activating group) is 1. The van der Waals surface area contributed by atoms with Gasteiger partial charge in [0.1, 0.15) is 12.6 Å². The predicted molar refractivity (Wildman–Crippen MR) is 106 cm³/mol. The number of hydrazine groups is 2. The summed E-state index contributed by atoms with van der Waals surface area (Å²) in [7, 11) is 3.48. The van der Waals surface area contributed by atoms with Crippen molar-refractivity contribution < 1.29 is 14.3 Å². The van der Waals surface area contributed by atoms with Crippen LogP contribution in [0.1, 0.15) is 18.4 Å². The number of likely N-dealkylation sites (tertiary alicyclic amines) is 1. The molecule has 0 aliphatic carbocycles. The molecule has 1 aromatic carbocycles. The second-order valence-corrected chi connectivity index (χ2v) is 7.37. The molecule has 0 aromatic heterocycles. The van der Waals surface area contributed by atoms with Gasteiger partial charge >= 0.3 is 0 Å². The summed E-state index contributed by atoms with van der Waals surface area (Å²) >= 11 is 5.88. The number of benzene rings is 1. The highest BCUT2D eigenvalue weighted by Crippen LogP contribution is 2.19. The Labute approximate surface area is 170 Å². The lowest BCUT2D eigenvalue weighted by molar-refractivity contribution is -0.139. The molecule has 0 radical (unpaired) electrons. The van der Waals surface area contributed by atoms with E-state index in [-0.39, 0.29) is 18.4 Å². The number of nitrogens with zero attached hydrogens (tertiary/aromatic N) is 3. The van der Waals surface area contributed by atoms with Crippen LogP contribution >= 0.6 is 11.6 Å². The van der Waals surface area contributed by atoms with Gasteiger partial charge < -0.3 is 15.0 Å². The van der Waals surface area contributed by atoms with E-state index in [0.29, 0.717) is 31.1 Å². The highest BCUT2D eigenvalue weighted by Gasteiger charge is 2.34. The van der Waals surface area contributed by atoms with E-state index >= 15 is 0 Å². The molecule has 1 atom stereocenters. The first-order valence-electron chi connectivity index (χ1n) is 9.26. The Morgan fingerprint density at radius 3 is 2.79 bits per heavy atom. The molecule has 2 aliphatic heterocycles. The van der Waals surface area contributed by atoms with Crippen LogP contribution in [0.5, 0.6) is 0 Å². The molecule has 28 heavy (non-hydrogen) atoms. The number of methoxy groups -OCH3 is 1. The minimum absolute atomic E-state index is 0.0834. The van der Waals surface area contributed by atoms with Crippen molar-refractivity contribution in [3.63, 3.8) is 0 Å². The van der Waals surface area contributed by atoms with Gasteiger partial charge in [-0.05, 0) is 30.5 Å². The lowest BCUT2D eigenvalue weighted by atomic mass is 10.2. The van der Waals surface area contributed by atoms with Crippen LogP contribution in [0.15, 0.2) is 36.2 Å². The molecular weight excluding hydrogens is 382 g/mol. The fourth-order valence-electron chi connectivity index (χ4n) is 3.40. The molecular formula is C19H26ClN5O3. The van der Waals surface area contributed by atoms with E-state index in [2.05, 4.69) is 10.9 Å². The quantitative estimate of drug-likeness (QED) is 0.705. The molecule has 9 heteroatoms. The van der Waals surface area contributed by atoms with Crippen molar-refractivity contribution in [1.29, 1.82) is 0 Å². The fraction of sp³-hybridized carbons (Fsp3) is 0.474. The number of halogens is 1. The molecule has 1 saturated heterocycles. The number of nitrogens with one attached hydrogen (secondary N) is 2. The molecule has 0 saturated carbocycles. The normalized spacial score (nSPS) is 19.2. The van der Waals surface area contributed by atoms with Gasteiger partial charge in [-0.1, -0.05) is 23.7 Å². The van der Waals surface area contributed by atoms with Crippen LogP contribution in [-0.4, -0.2) is 66.6 Å². The van der Waals surface area contributed by atoms with Gasteiger partial charge in [-0.3, -0.25) is 19.6 Å². The molecule has 0 bridgehead atoms. The second-order valence-electron chi connectivity index (χ2n) is 6.93. The summed E-state index contributed by atoms with van der Waals surface area (Å²) in [5, 5.41) is 7.10. The molecule has 2 heterocycles.